The minimum atomic E-state index is -0.489. The van der Waals surface area contributed by atoms with Crippen LogP contribution in [0.3, 0.4) is 0 Å². The molecule has 2 aromatic heterocycles. The lowest BCUT2D eigenvalue weighted by molar-refractivity contribution is 0.0521. The van der Waals surface area contributed by atoms with Crippen molar-refractivity contribution in [3.8, 4) is 0 Å². The summed E-state index contributed by atoms with van der Waals surface area (Å²) in [6, 6.07) is 0. The molecule has 21 heavy (non-hydrogen) atoms. The second-order valence-corrected chi connectivity index (χ2v) is 4.97. The third kappa shape index (κ3) is 2.63. The summed E-state index contributed by atoms with van der Waals surface area (Å²) in [5.74, 6) is 0.517. The number of rotatable bonds is 4. The topological polar surface area (TPSA) is 88.0 Å². The fraction of sp³-hybridized carbons (Fsp3) is 0.500. The number of hydrogen-bond acceptors (Lipinski definition) is 5. The largest absolute Gasteiger partial charge is 0.461 e. The molecule has 0 aliphatic carbocycles. The van der Waals surface area contributed by atoms with E-state index in [1.165, 1.54) is 0 Å². The van der Waals surface area contributed by atoms with Crippen LogP contribution in [-0.2, 0) is 18.3 Å². The first-order valence-corrected chi connectivity index (χ1v) is 6.85. The number of carbonyl (C=O) groups is 1. The van der Waals surface area contributed by atoms with Crippen molar-refractivity contribution in [2.45, 2.75) is 34.2 Å². The Labute approximate surface area is 123 Å². The van der Waals surface area contributed by atoms with Crippen LogP contribution in [0.2, 0.25) is 0 Å². The fourth-order valence-corrected chi connectivity index (χ4v) is 2.34. The average molecular weight is 291 g/mol. The van der Waals surface area contributed by atoms with Crippen LogP contribution in [0, 0.1) is 20.8 Å². The molecule has 0 aliphatic heterocycles. The molecule has 2 N–H and O–H groups in total. The molecule has 0 saturated heterocycles. The summed E-state index contributed by atoms with van der Waals surface area (Å²) in [6.07, 6.45) is 0. The summed E-state index contributed by atoms with van der Waals surface area (Å²) in [6.45, 7) is 8.36. The Morgan fingerprint density at radius 3 is 2.52 bits per heavy atom. The minimum absolute atomic E-state index is 0.175. The van der Waals surface area contributed by atoms with Gasteiger partial charge in [0, 0.05) is 18.3 Å². The average Bonchev–Trinajstić information content (AvgIpc) is 2.83. The Bertz CT molecular complexity index is 684. The van der Waals surface area contributed by atoms with Gasteiger partial charge >= 0.3 is 5.97 Å². The molecule has 0 saturated carbocycles. The van der Waals surface area contributed by atoms with Gasteiger partial charge in [-0.2, -0.15) is 5.10 Å². The van der Waals surface area contributed by atoms with E-state index in [1.807, 2.05) is 37.1 Å². The highest BCUT2D eigenvalue weighted by molar-refractivity contribution is 5.92. The molecule has 2 heterocycles. The smallest absolute Gasteiger partial charge is 0.360 e. The summed E-state index contributed by atoms with van der Waals surface area (Å²) in [5, 5.41) is 4.39. The maximum atomic E-state index is 11.8. The number of ether oxygens (including phenoxy) is 1. The Morgan fingerprint density at radius 1 is 1.33 bits per heavy atom. The van der Waals surface area contributed by atoms with Crippen molar-refractivity contribution in [2.24, 2.45) is 7.05 Å². The molecule has 0 atom stereocenters. The van der Waals surface area contributed by atoms with E-state index in [9.17, 15) is 4.79 Å². The van der Waals surface area contributed by atoms with Crippen LogP contribution >= 0.6 is 0 Å². The zero-order valence-corrected chi connectivity index (χ0v) is 13.1. The number of nitrogens with zero attached hydrogens (tertiary/aromatic N) is 4. The zero-order valence-electron chi connectivity index (χ0n) is 13.1. The second-order valence-electron chi connectivity index (χ2n) is 4.97. The molecule has 0 fully saturated rings. The van der Waals surface area contributed by atoms with Crippen molar-refractivity contribution in [1.82, 2.24) is 19.3 Å². The monoisotopic (exact) mass is 291 g/mol. The molecule has 114 valence electrons. The van der Waals surface area contributed by atoms with Gasteiger partial charge in [0.25, 0.3) is 0 Å². The van der Waals surface area contributed by atoms with Crippen LogP contribution in [0.15, 0.2) is 0 Å². The summed E-state index contributed by atoms with van der Waals surface area (Å²) in [4.78, 5) is 16.1. The van der Waals surface area contributed by atoms with Crippen LogP contribution in [0.5, 0.6) is 0 Å². The maximum Gasteiger partial charge on any atom is 0.360 e. The summed E-state index contributed by atoms with van der Waals surface area (Å²) >= 11 is 0. The third-order valence-electron chi connectivity index (χ3n) is 3.64. The normalized spacial score (nSPS) is 10.9. The maximum absolute atomic E-state index is 11.8. The Balaban J connectivity index is 2.39. The molecule has 0 amide bonds. The van der Waals surface area contributed by atoms with Gasteiger partial charge in [0.05, 0.1) is 18.8 Å². The molecule has 7 heteroatoms. The van der Waals surface area contributed by atoms with Gasteiger partial charge < -0.3 is 15.0 Å². The van der Waals surface area contributed by atoms with E-state index < -0.39 is 5.97 Å². The van der Waals surface area contributed by atoms with Crippen molar-refractivity contribution in [3.05, 3.63) is 28.5 Å². The van der Waals surface area contributed by atoms with E-state index in [-0.39, 0.29) is 5.69 Å². The molecule has 0 bridgehead atoms. The number of nitrogens with two attached hydrogens (primary N) is 1. The molecule has 0 aromatic carbocycles. The molecule has 2 rings (SSSR count). The number of hydrogen-bond donors (Lipinski definition) is 1. The van der Waals surface area contributed by atoms with Crippen LogP contribution < -0.4 is 5.73 Å². The SMILES string of the molecule is CCOC(=O)c1nc(C)n(Cc2c(C)nn(C)c2C)c1N. The lowest BCUT2D eigenvalue weighted by atomic mass is 10.2. The molecule has 0 spiro atoms. The van der Waals surface area contributed by atoms with E-state index in [0.29, 0.717) is 24.8 Å². The summed E-state index contributed by atoms with van der Waals surface area (Å²) in [7, 11) is 1.90. The fourth-order valence-electron chi connectivity index (χ4n) is 2.34. The van der Waals surface area contributed by atoms with Crippen molar-refractivity contribution in [2.75, 3.05) is 12.3 Å². The molecule has 2 aromatic rings. The molecular formula is C14H21N5O2. The molecular weight excluding hydrogens is 270 g/mol. The zero-order chi connectivity index (χ0) is 15.7. The van der Waals surface area contributed by atoms with E-state index in [2.05, 4.69) is 10.1 Å². The quantitative estimate of drug-likeness (QED) is 0.859. The summed E-state index contributed by atoms with van der Waals surface area (Å²) < 4.78 is 8.61. The van der Waals surface area contributed by atoms with E-state index in [4.69, 9.17) is 10.5 Å². The van der Waals surface area contributed by atoms with Gasteiger partial charge in [0.15, 0.2) is 5.69 Å². The van der Waals surface area contributed by atoms with Gasteiger partial charge in [-0.3, -0.25) is 4.68 Å². The first-order chi connectivity index (χ1) is 9.86. The minimum Gasteiger partial charge on any atom is -0.461 e. The van der Waals surface area contributed by atoms with Crippen molar-refractivity contribution >= 4 is 11.8 Å². The van der Waals surface area contributed by atoms with Crippen LogP contribution in [0.4, 0.5) is 5.82 Å². The number of nitrogen functional groups attached to an aromatic ring is 1. The van der Waals surface area contributed by atoms with Crippen LogP contribution in [0.1, 0.15) is 40.2 Å². The number of aryl methyl sites for hydroxylation is 3. The predicted octanol–water partition coefficient (Wildman–Crippen LogP) is 1.35. The van der Waals surface area contributed by atoms with Gasteiger partial charge in [-0.25, -0.2) is 9.78 Å². The van der Waals surface area contributed by atoms with Crippen molar-refractivity contribution < 1.29 is 9.53 Å². The standard InChI is InChI=1S/C14H21N5O2/c1-6-21-14(20)12-13(15)19(10(4)16-12)7-11-8(2)17-18(5)9(11)3/h6-7,15H2,1-5H3. The van der Waals surface area contributed by atoms with Crippen molar-refractivity contribution in [1.29, 1.82) is 0 Å². The highest BCUT2D eigenvalue weighted by Gasteiger charge is 2.21. The number of imidazole rings is 1. The summed E-state index contributed by atoms with van der Waals surface area (Å²) in [5.41, 5.74) is 9.33. The lowest BCUT2D eigenvalue weighted by Crippen LogP contribution is -2.11. The number of esters is 1. The van der Waals surface area contributed by atoms with Gasteiger partial charge in [-0.15, -0.1) is 0 Å². The Kier molecular flexibility index (Phi) is 4.02. The van der Waals surface area contributed by atoms with Gasteiger partial charge in [0.2, 0.25) is 0 Å². The number of carbonyl (C=O) groups excluding carboxylic acids is 1. The molecule has 7 nitrogen and oxygen atoms in total. The first kappa shape index (κ1) is 15.1. The second kappa shape index (κ2) is 5.59. The molecule has 0 aliphatic rings. The van der Waals surface area contributed by atoms with E-state index in [1.54, 1.807) is 6.92 Å². The van der Waals surface area contributed by atoms with E-state index >= 15 is 0 Å². The van der Waals surface area contributed by atoms with Crippen LogP contribution in [-0.4, -0.2) is 31.9 Å². The van der Waals surface area contributed by atoms with E-state index in [0.717, 1.165) is 17.0 Å². The van der Waals surface area contributed by atoms with Crippen molar-refractivity contribution in [3.63, 3.8) is 0 Å². The van der Waals surface area contributed by atoms with Gasteiger partial charge in [-0.1, -0.05) is 0 Å². The Hall–Kier alpha value is -2.31. The lowest BCUT2D eigenvalue weighted by Gasteiger charge is -2.08. The number of aromatic nitrogens is 4. The van der Waals surface area contributed by atoms with Gasteiger partial charge in [-0.05, 0) is 27.7 Å². The Morgan fingerprint density at radius 2 is 2.00 bits per heavy atom. The number of anilines is 1. The highest BCUT2D eigenvalue weighted by Crippen LogP contribution is 2.20. The first-order valence-electron chi connectivity index (χ1n) is 6.85. The molecule has 0 radical (unpaired) electrons. The van der Waals surface area contributed by atoms with Gasteiger partial charge in [0.1, 0.15) is 11.6 Å². The third-order valence-corrected chi connectivity index (χ3v) is 3.64. The van der Waals surface area contributed by atoms with Crippen LogP contribution in [0.25, 0.3) is 0 Å². The molecule has 0 unspecified atom stereocenters. The highest BCUT2D eigenvalue weighted by atomic mass is 16.5. The predicted molar refractivity (Wildman–Crippen MR) is 79.1 cm³/mol.